The molecule has 0 aromatic heterocycles. The first-order valence-electron chi connectivity index (χ1n) is 9.90. The smallest absolute Gasteiger partial charge is 0.387 e. The van der Waals surface area contributed by atoms with Gasteiger partial charge < -0.3 is 20.3 Å². The summed E-state index contributed by atoms with van der Waals surface area (Å²) >= 11 is 6.01. The van der Waals surface area contributed by atoms with Crippen LogP contribution in [0.15, 0.2) is 23.2 Å². The van der Waals surface area contributed by atoms with E-state index in [9.17, 15) is 8.78 Å². The summed E-state index contributed by atoms with van der Waals surface area (Å²) in [6.45, 7) is 6.80. The number of ether oxygens (including phenoxy) is 1. The molecule has 2 N–H and O–H groups in total. The molecule has 1 atom stereocenters. The first-order valence-corrected chi connectivity index (χ1v) is 10.3. The molecule has 1 fully saturated rings. The average Bonchev–Trinajstić information content (AvgIpc) is 2.67. The van der Waals surface area contributed by atoms with Crippen molar-refractivity contribution in [3.63, 3.8) is 0 Å². The summed E-state index contributed by atoms with van der Waals surface area (Å²) in [7, 11) is 3.83. The third-order valence-corrected chi connectivity index (χ3v) is 5.40. The predicted octanol–water partition coefficient (Wildman–Crippen LogP) is 3.50. The van der Waals surface area contributed by atoms with Crippen LogP contribution in [0, 0.1) is 5.92 Å². The SMILES string of the molecule is CN=C(NCc1cc(Cl)ccc1OC(F)F)NCC(C(C)C)N1CCN(C)CC1.I. The predicted molar refractivity (Wildman–Crippen MR) is 129 cm³/mol. The van der Waals surface area contributed by atoms with Crippen LogP contribution in [-0.2, 0) is 6.54 Å². The molecular weight excluding hydrogens is 527 g/mol. The van der Waals surface area contributed by atoms with Crippen molar-refractivity contribution in [3.8, 4) is 5.75 Å². The Morgan fingerprint density at radius 3 is 2.43 bits per heavy atom. The van der Waals surface area contributed by atoms with E-state index >= 15 is 0 Å². The number of rotatable bonds is 8. The molecule has 1 unspecified atom stereocenters. The maximum absolute atomic E-state index is 12.6. The van der Waals surface area contributed by atoms with Gasteiger partial charge in [-0.15, -0.1) is 24.0 Å². The number of benzene rings is 1. The van der Waals surface area contributed by atoms with Gasteiger partial charge in [-0.05, 0) is 31.2 Å². The largest absolute Gasteiger partial charge is 0.434 e. The van der Waals surface area contributed by atoms with Crippen molar-refractivity contribution >= 4 is 41.5 Å². The summed E-state index contributed by atoms with van der Waals surface area (Å²) in [4.78, 5) is 9.10. The fourth-order valence-corrected chi connectivity index (χ4v) is 3.63. The van der Waals surface area contributed by atoms with Gasteiger partial charge in [0.05, 0.1) is 0 Å². The van der Waals surface area contributed by atoms with Crippen LogP contribution in [0.2, 0.25) is 5.02 Å². The number of hydrogen-bond acceptors (Lipinski definition) is 4. The van der Waals surface area contributed by atoms with Gasteiger partial charge in [0.25, 0.3) is 0 Å². The molecule has 30 heavy (non-hydrogen) atoms. The van der Waals surface area contributed by atoms with E-state index in [0.29, 0.717) is 28.5 Å². The molecule has 10 heteroatoms. The van der Waals surface area contributed by atoms with E-state index in [0.717, 1.165) is 32.7 Å². The zero-order chi connectivity index (χ0) is 21.4. The van der Waals surface area contributed by atoms with Gasteiger partial charge in [-0.2, -0.15) is 8.78 Å². The van der Waals surface area contributed by atoms with Crippen LogP contribution in [0.25, 0.3) is 0 Å². The number of halogens is 4. The van der Waals surface area contributed by atoms with Gasteiger partial charge in [0, 0.05) is 62.9 Å². The molecule has 0 bridgehead atoms. The number of alkyl halides is 2. The third kappa shape index (κ3) is 8.68. The minimum atomic E-state index is -2.89. The average molecular weight is 560 g/mol. The lowest BCUT2D eigenvalue weighted by molar-refractivity contribution is -0.0504. The lowest BCUT2D eigenvalue weighted by Crippen LogP contribution is -2.55. The Bertz CT molecular complexity index is 673. The van der Waals surface area contributed by atoms with Gasteiger partial charge in [-0.3, -0.25) is 9.89 Å². The van der Waals surface area contributed by atoms with Crippen molar-refractivity contribution in [2.24, 2.45) is 10.9 Å². The highest BCUT2D eigenvalue weighted by atomic mass is 127. The Morgan fingerprint density at radius 1 is 1.20 bits per heavy atom. The maximum Gasteiger partial charge on any atom is 0.387 e. The second kappa shape index (κ2) is 13.5. The highest BCUT2D eigenvalue weighted by Gasteiger charge is 2.25. The minimum absolute atomic E-state index is 0. The van der Waals surface area contributed by atoms with E-state index in [1.807, 2.05) is 0 Å². The van der Waals surface area contributed by atoms with Gasteiger partial charge in [-0.25, -0.2) is 0 Å². The molecule has 1 aliphatic rings. The Hall–Kier alpha value is -0.910. The molecule has 0 amide bonds. The normalized spacial score (nSPS) is 17.0. The monoisotopic (exact) mass is 559 g/mol. The van der Waals surface area contributed by atoms with Crippen molar-refractivity contribution < 1.29 is 13.5 Å². The highest BCUT2D eigenvalue weighted by molar-refractivity contribution is 14.0. The summed E-state index contributed by atoms with van der Waals surface area (Å²) in [5.41, 5.74) is 0.542. The summed E-state index contributed by atoms with van der Waals surface area (Å²) < 4.78 is 29.8. The minimum Gasteiger partial charge on any atom is -0.434 e. The number of hydrogen-bond donors (Lipinski definition) is 2. The van der Waals surface area contributed by atoms with E-state index in [2.05, 4.69) is 51.1 Å². The summed E-state index contributed by atoms with van der Waals surface area (Å²) in [5, 5.41) is 6.99. The fourth-order valence-electron chi connectivity index (χ4n) is 3.44. The van der Waals surface area contributed by atoms with Crippen molar-refractivity contribution in [2.45, 2.75) is 33.0 Å². The number of aliphatic imine (C=N–C) groups is 1. The molecule has 1 aromatic carbocycles. The van der Waals surface area contributed by atoms with Gasteiger partial charge in [0.1, 0.15) is 5.75 Å². The van der Waals surface area contributed by atoms with E-state index < -0.39 is 6.61 Å². The second-order valence-electron chi connectivity index (χ2n) is 7.59. The number of likely N-dealkylation sites (N-methyl/N-ethyl adjacent to an activating group) is 1. The van der Waals surface area contributed by atoms with E-state index in [4.69, 9.17) is 11.6 Å². The molecule has 2 rings (SSSR count). The molecule has 1 saturated heterocycles. The van der Waals surface area contributed by atoms with Crippen molar-refractivity contribution in [3.05, 3.63) is 28.8 Å². The number of piperazine rings is 1. The lowest BCUT2D eigenvalue weighted by atomic mass is 10.0. The molecule has 172 valence electrons. The lowest BCUT2D eigenvalue weighted by Gasteiger charge is -2.40. The third-order valence-electron chi connectivity index (χ3n) is 5.16. The molecule has 1 heterocycles. The van der Waals surface area contributed by atoms with Crippen LogP contribution in [0.1, 0.15) is 19.4 Å². The first-order chi connectivity index (χ1) is 13.8. The van der Waals surface area contributed by atoms with Crippen LogP contribution < -0.4 is 15.4 Å². The fraction of sp³-hybridized carbons (Fsp3) is 0.650. The van der Waals surface area contributed by atoms with Gasteiger partial charge >= 0.3 is 6.61 Å². The Morgan fingerprint density at radius 2 is 1.87 bits per heavy atom. The summed E-state index contributed by atoms with van der Waals surface area (Å²) in [5.74, 6) is 1.19. The van der Waals surface area contributed by atoms with Gasteiger partial charge in [-0.1, -0.05) is 25.4 Å². The highest BCUT2D eigenvalue weighted by Crippen LogP contribution is 2.24. The molecular formula is C20H33ClF2IN5O. The molecule has 1 aromatic rings. The van der Waals surface area contributed by atoms with E-state index in [1.54, 1.807) is 13.1 Å². The van der Waals surface area contributed by atoms with Crippen LogP contribution in [0.3, 0.4) is 0 Å². The van der Waals surface area contributed by atoms with Crippen LogP contribution in [0.5, 0.6) is 5.75 Å². The number of nitrogens with zero attached hydrogens (tertiary/aromatic N) is 3. The topological polar surface area (TPSA) is 52.1 Å². The zero-order valence-corrected chi connectivity index (χ0v) is 21.1. The molecule has 0 radical (unpaired) electrons. The summed E-state index contributed by atoms with van der Waals surface area (Å²) in [6.07, 6.45) is 0. The standard InChI is InChI=1S/C20H32ClF2N5O.HI/c1-14(2)17(28-9-7-27(4)8-10-28)13-26-20(24-3)25-12-15-11-16(21)5-6-18(15)29-19(22)23;/h5-6,11,14,17,19H,7-10,12-13H2,1-4H3,(H2,24,25,26);1H. The van der Waals surface area contributed by atoms with E-state index in [-0.39, 0.29) is 36.3 Å². The molecule has 0 aliphatic carbocycles. The second-order valence-corrected chi connectivity index (χ2v) is 8.02. The Balaban J connectivity index is 0.00000450. The maximum atomic E-state index is 12.6. The zero-order valence-electron chi connectivity index (χ0n) is 18.0. The van der Waals surface area contributed by atoms with Crippen LogP contribution >= 0.6 is 35.6 Å². The number of nitrogens with one attached hydrogen (secondary N) is 2. The summed E-state index contributed by atoms with van der Waals surface area (Å²) in [6, 6.07) is 4.97. The van der Waals surface area contributed by atoms with Crippen LogP contribution in [-0.4, -0.2) is 75.2 Å². The molecule has 0 saturated carbocycles. The van der Waals surface area contributed by atoms with Crippen LogP contribution in [0.4, 0.5) is 8.78 Å². The first kappa shape index (κ1) is 27.1. The van der Waals surface area contributed by atoms with Crippen molar-refractivity contribution in [1.29, 1.82) is 0 Å². The van der Waals surface area contributed by atoms with Gasteiger partial charge in [0.15, 0.2) is 5.96 Å². The quantitative estimate of drug-likeness (QED) is 0.290. The molecule has 1 aliphatic heterocycles. The Labute approximate surface area is 200 Å². The van der Waals surface area contributed by atoms with Crippen molar-refractivity contribution in [2.75, 3.05) is 46.8 Å². The molecule has 0 spiro atoms. The van der Waals surface area contributed by atoms with E-state index in [1.165, 1.54) is 12.1 Å². The Kier molecular flexibility index (Phi) is 12.2. The van der Waals surface area contributed by atoms with Crippen molar-refractivity contribution in [1.82, 2.24) is 20.4 Å². The number of guanidine groups is 1. The van der Waals surface area contributed by atoms with Gasteiger partial charge in [0.2, 0.25) is 0 Å². The molecule has 6 nitrogen and oxygen atoms in total.